The Labute approximate surface area is 141 Å². The quantitative estimate of drug-likeness (QED) is 0.782. The molecule has 1 aromatic carbocycles. The van der Waals surface area contributed by atoms with Gasteiger partial charge >= 0.3 is 0 Å². The molecule has 6 nitrogen and oxygen atoms in total. The molecule has 0 atom stereocenters. The van der Waals surface area contributed by atoms with E-state index in [2.05, 4.69) is 33.7 Å². The van der Waals surface area contributed by atoms with Crippen molar-refractivity contribution in [2.45, 2.75) is 33.2 Å². The van der Waals surface area contributed by atoms with Crippen LogP contribution in [0.1, 0.15) is 43.0 Å². The Kier molecular flexibility index (Phi) is 4.46. The van der Waals surface area contributed by atoms with Crippen molar-refractivity contribution >= 4 is 11.6 Å². The third kappa shape index (κ3) is 3.08. The molecule has 0 unspecified atom stereocenters. The van der Waals surface area contributed by atoms with Crippen LogP contribution in [0.2, 0.25) is 0 Å². The SMILES string of the molecule is CCn1cncc1C(=O)Nc1ccc(-n2ccnc2C(C)C)cc1. The summed E-state index contributed by atoms with van der Waals surface area (Å²) in [4.78, 5) is 20.7. The molecule has 6 heteroatoms. The van der Waals surface area contributed by atoms with E-state index in [0.29, 0.717) is 18.2 Å². The van der Waals surface area contributed by atoms with E-state index < -0.39 is 0 Å². The number of hydrogen-bond donors (Lipinski definition) is 1. The zero-order valence-electron chi connectivity index (χ0n) is 14.1. The van der Waals surface area contributed by atoms with Crippen molar-refractivity contribution in [2.24, 2.45) is 0 Å². The van der Waals surface area contributed by atoms with Gasteiger partial charge in [0, 0.05) is 36.2 Å². The number of rotatable bonds is 5. The van der Waals surface area contributed by atoms with Crippen LogP contribution in [0.3, 0.4) is 0 Å². The minimum absolute atomic E-state index is 0.160. The molecule has 0 saturated heterocycles. The van der Waals surface area contributed by atoms with E-state index in [9.17, 15) is 4.79 Å². The average Bonchev–Trinajstić information content (AvgIpc) is 3.24. The zero-order chi connectivity index (χ0) is 17.1. The Morgan fingerprint density at radius 2 is 2.00 bits per heavy atom. The highest BCUT2D eigenvalue weighted by molar-refractivity contribution is 6.02. The Bertz CT molecular complexity index is 829. The highest BCUT2D eigenvalue weighted by atomic mass is 16.2. The van der Waals surface area contributed by atoms with E-state index in [0.717, 1.165) is 17.2 Å². The molecule has 0 fully saturated rings. The summed E-state index contributed by atoms with van der Waals surface area (Å²) >= 11 is 0. The van der Waals surface area contributed by atoms with Gasteiger partial charge in [0.1, 0.15) is 11.5 Å². The lowest BCUT2D eigenvalue weighted by Gasteiger charge is -2.11. The third-order valence-electron chi connectivity index (χ3n) is 3.87. The van der Waals surface area contributed by atoms with Gasteiger partial charge in [0.25, 0.3) is 5.91 Å². The molecule has 24 heavy (non-hydrogen) atoms. The molecular formula is C18H21N5O. The lowest BCUT2D eigenvalue weighted by Crippen LogP contribution is -2.16. The molecule has 0 saturated carbocycles. The van der Waals surface area contributed by atoms with Crippen LogP contribution < -0.4 is 5.32 Å². The fourth-order valence-electron chi connectivity index (χ4n) is 2.62. The average molecular weight is 323 g/mol. The van der Waals surface area contributed by atoms with Crippen LogP contribution in [0.4, 0.5) is 5.69 Å². The molecule has 2 heterocycles. The second-order valence-electron chi connectivity index (χ2n) is 5.88. The predicted molar refractivity (Wildman–Crippen MR) is 93.5 cm³/mol. The third-order valence-corrected chi connectivity index (χ3v) is 3.87. The van der Waals surface area contributed by atoms with Crippen molar-refractivity contribution in [3.63, 3.8) is 0 Å². The van der Waals surface area contributed by atoms with Crippen LogP contribution in [-0.4, -0.2) is 25.0 Å². The molecule has 1 amide bonds. The van der Waals surface area contributed by atoms with E-state index in [1.807, 2.05) is 42.0 Å². The van der Waals surface area contributed by atoms with Crippen molar-refractivity contribution < 1.29 is 4.79 Å². The second-order valence-corrected chi connectivity index (χ2v) is 5.88. The van der Waals surface area contributed by atoms with Gasteiger partial charge in [-0.15, -0.1) is 0 Å². The number of imidazole rings is 2. The van der Waals surface area contributed by atoms with Crippen molar-refractivity contribution in [1.29, 1.82) is 0 Å². The monoisotopic (exact) mass is 323 g/mol. The number of benzene rings is 1. The van der Waals surface area contributed by atoms with Crippen LogP contribution in [-0.2, 0) is 6.54 Å². The molecule has 0 aliphatic rings. The zero-order valence-corrected chi connectivity index (χ0v) is 14.1. The maximum atomic E-state index is 12.3. The molecule has 0 spiro atoms. The van der Waals surface area contributed by atoms with E-state index >= 15 is 0 Å². The van der Waals surface area contributed by atoms with Crippen LogP contribution in [0, 0.1) is 0 Å². The number of anilines is 1. The van der Waals surface area contributed by atoms with Gasteiger partial charge in [0.15, 0.2) is 0 Å². The van der Waals surface area contributed by atoms with Gasteiger partial charge in [-0.1, -0.05) is 13.8 Å². The van der Waals surface area contributed by atoms with E-state index in [4.69, 9.17) is 0 Å². The standard InChI is InChI=1S/C18H21N5O/c1-4-22-12-19-11-16(22)18(24)21-14-5-7-15(8-6-14)23-10-9-20-17(23)13(2)3/h5-13H,4H2,1-3H3,(H,21,24). The second kappa shape index (κ2) is 6.70. The Morgan fingerprint density at radius 3 is 2.67 bits per heavy atom. The minimum atomic E-state index is -0.160. The molecule has 2 aromatic heterocycles. The molecular weight excluding hydrogens is 302 g/mol. The normalized spacial score (nSPS) is 11.0. The van der Waals surface area contributed by atoms with Crippen LogP contribution in [0.25, 0.3) is 5.69 Å². The predicted octanol–water partition coefficient (Wildman–Crippen LogP) is 3.46. The Hall–Kier alpha value is -2.89. The highest BCUT2D eigenvalue weighted by Gasteiger charge is 2.12. The maximum absolute atomic E-state index is 12.3. The lowest BCUT2D eigenvalue weighted by atomic mass is 10.2. The molecule has 0 bridgehead atoms. The highest BCUT2D eigenvalue weighted by Crippen LogP contribution is 2.19. The number of amides is 1. The van der Waals surface area contributed by atoms with E-state index in [-0.39, 0.29) is 5.91 Å². The van der Waals surface area contributed by atoms with Gasteiger partial charge < -0.3 is 14.5 Å². The fourth-order valence-corrected chi connectivity index (χ4v) is 2.62. The molecule has 0 radical (unpaired) electrons. The molecule has 1 N–H and O–H groups in total. The first-order valence-electron chi connectivity index (χ1n) is 8.05. The number of nitrogens with one attached hydrogen (secondary N) is 1. The largest absolute Gasteiger partial charge is 0.327 e. The topological polar surface area (TPSA) is 64.7 Å². The number of hydrogen-bond acceptors (Lipinski definition) is 3. The van der Waals surface area contributed by atoms with Crippen LogP contribution in [0.5, 0.6) is 0 Å². The molecule has 0 aliphatic carbocycles. The summed E-state index contributed by atoms with van der Waals surface area (Å²) in [5, 5.41) is 2.90. The minimum Gasteiger partial charge on any atom is -0.327 e. The smallest absolute Gasteiger partial charge is 0.273 e. The maximum Gasteiger partial charge on any atom is 0.273 e. The van der Waals surface area contributed by atoms with E-state index in [1.54, 1.807) is 18.7 Å². The number of nitrogens with zero attached hydrogens (tertiary/aromatic N) is 4. The van der Waals surface area contributed by atoms with Crippen LogP contribution >= 0.6 is 0 Å². The molecule has 3 rings (SSSR count). The first-order valence-corrected chi connectivity index (χ1v) is 8.05. The first-order chi connectivity index (χ1) is 11.6. The van der Waals surface area contributed by atoms with Crippen molar-refractivity contribution in [1.82, 2.24) is 19.1 Å². The summed E-state index contributed by atoms with van der Waals surface area (Å²) in [6.45, 7) is 6.92. The van der Waals surface area contributed by atoms with Crippen molar-refractivity contribution in [3.05, 3.63) is 60.7 Å². The van der Waals surface area contributed by atoms with Gasteiger partial charge in [-0.2, -0.15) is 0 Å². The van der Waals surface area contributed by atoms with Crippen LogP contribution in [0.15, 0.2) is 49.2 Å². The Balaban J connectivity index is 1.78. The van der Waals surface area contributed by atoms with Gasteiger partial charge in [0.2, 0.25) is 0 Å². The summed E-state index contributed by atoms with van der Waals surface area (Å²) in [6.07, 6.45) is 6.98. The summed E-state index contributed by atoms with van der Waals surface area (Å²) < 4.78 is 3.87. The van der Waals surface area contributed by atoms with Gasteiger partial charge in [-0.25, -0.2) is 9.97 Å². The Morgan fingerprint density at radius 1 is 1.25 bits per heavy atom. The lowest BCUT2D eigenvalue weighted by molar-refractivity contribution is 0.101. The van der Waals surface area contributed by atoms with Gasteiger partial charge in [-0.05, 0) is 31.2 Å². The van der Waals surface area contributed by atoms with E-state index in [1.165, 1.54) is 0 Å². The van der Waals surface area contributed by atoms with Gasteiger partial charge in [-0.3, -0.25) is 4.79 Å². The number of aromatic nitrogens is 4. The number of aryl methyl sites for hydroxylation is 1. The molecule has 124 valence electrons. The van der Waals surface area contributed by atoms with Crippen molar-refractivity contribution in [2.75, 3.05) is 5.32 Å². The summed E-state index contributed by atoms with van der Waals surface area (Å²) in [5.74, 6) is 1.19. The fraction of sp³-hybridized carbons (Fsp3) is 0.278. The molecule has 0 aliphatic heterocycles. The summed E-state index contributed by atoms with van der Waals surface area (Å²) in [7, 11) is 0. The number of carbonyl (C=O) groups excluding carboxylic acids is 1. The summed E-state index contributed by atoms with van der Waals surface area (Å²) in [5.41, 5.74) is 2.32. The van der Waals surface area contributed by atoms with Gasteiger partial charge in [0.05, 0.1) is 12.5 Å². The van der Waals surface area contributed by atoms with Crippen molar-refractivity contribution in [3.8, 4) is 5.69 Å². The number of carbonyl (C=O) groups is 1. The molecule has 3 aromatic rings. The summed E-state index contributed by atoms with van der Waals surface area (Å²) in [6, 6.07) is 7.73. The first kappa shape index (κ1) is 16.0.